The Morgan fingerprint density at radius 3 is 2.56 bits per heavy atom. The van der Waals surface area contributed by atoms with E-state index in [0.717, 1.165) is 24.6 Å². The first-order chi connectivity index (χ1) is 11.8. The quantitative estimate of drug-likeness (QED) is 0.241. The summed E-state index contributed by atoms with van der Waals surface area (Å²) in [7, 11) is 1.74. The van der Waals surface area contributed by atoms with Gasteiger partial charge in [0.25, 0.3) is 0 Å². The largest absolute Gasteiger partial charge is 0.356 e. The predicted octanol–water partition coefficient (Wildman–Crippen LogP) is 2.10. The Balaban J connectivity index is 0.00000312. The summed E-state index contributed by atoms with van der Waals surface area (Å²) in [6.45, 7) is 2.05. The lowest BCUT2D eigenvalue weighted by molar-refractivity contribution is -0.121. The monoisotopic (exact) mass is 459 g/mol. The molecular formula is C18H30IN5O. The number of halogens is 1. The van der Waals surface area contributed by atoms with E-state index < -0.39 is 0 Å². The first-order valence-corrected chi connectivity index (χ1v) is 8.89. The molecule has 0 aliphatic heterocycles. The van der Waals surface area contributed by atoms with Crippen molar-refractivity contribution in [2.45, 2.75) is 38.5 Å². The molecule has 0 spiro atoms. The minimum absolute atomic E-state index is 0. The number of carbonyl (C=O) groups excluding carboxylic acids is 1. The molecule has 0 bridgehead atoms. The fourth-order valence-corrected chi connectivity index (χ4v) is 3.01. The summed E-state index contributed by atoms with van der Waals surface area (Å²) in [5.74, 6) is 1.51. The lowest BCUT2D eigenvalue weighted by atomic mass is 10.0. The van der Waals surface area contributed by atoms with Crippen LogP contribution in [0.15, 0.2) is 29.4 Å². The lowest BCUT2D eigenvalue weighted by Gasteiger charge is -2.13. The van der Waals surface area contributed by atoms with Crippen molar-refractivity contribution >= 4 is 35.8 Å². The summed E-state index contributed by atoms with van der Waals surface area (Å²) in [5, 5.41) is 9.44. The second-order valence-corrected chi connectivity index (χ2v) is 6.20. The predicted molar refractivity (Wildman–Crippen MR) is 112 cm³/mol. The smallest absolute Gasteiger partial charge is 0.220 e. The summed E-state index contributed by atoms with van der Waals surface area (Å²) in [6.07, 6.45) is 8.30. The molecule has 25 heavy (non-hydrogen) atoms. The standard InChI is InChI=1S/C18H29N5O.HI/c1-19-18(22-11-9-16-8-4-5-10-20-16)23-13-12-21-17(24)14-15-6-2-3-7-15;/h4-5,8,10,15H,2-3,6-7,9,11-14H2,1H3,(H,21,24)(H2,19,22,23);1H. The van der Waals surface area contributed by atoms with Crippen LogP contribution in [-0.2, 0) is 11.2 Å². The van der Waals surface area contributed by atoms with Gasteiger partial charge in [-0.1, -0.05) is 18.9 Å². The topological polar surface area (TPSA) is 78.4 Å². The van der Waals surface area contributed by atoms with Crippen LogP contribution >= 0.6 is 24.0 Å². The summed E-state index contributed by atoms with van der Waals surface area (Å²) in [6, 6.07) is 5.92. The van der Waals surface area contributed by atoms with Gasteiger partial charge in [0.05, 0.1) is 0 Å². The van der Waals surface area contributed by atoms with Crippen molar-refractivity contribution in [3.8, 4) is 0 Å². The molecule has 140 valence electrons. The third kappa shape index (κ3) is 9.04. The third-order valence-corrected chi connectivity index (χ3v) is 4.31. The molecule has 1 heterocycles. The molecule has 1 saturated carbocycles. The van der Waals surface area contributed by atoms with Gasteiger partial charge in [-0.2, -0.15) is 0 Å². The molecule has 1 fully saturated rings. The van der Waals surface area contributed by atoms with E-state index in [1.165, 1.54) is 25.7 Å². The molecule has 0 radical (unpaired) electrons. The van der Waals surface area contributed by atoms with E-state index in [2.05, 4.69) is 25.9 Å². The molecule has 3 N–H and O–H groups in total. The van der Waals surface area contributed by atoms with Gasteiger partial charge in [0, 0.05) is 51.4 Å². The molecule has 2 rings (SSSR count). The normalized spacial score (nSPS) is 14.7. The van der Waals surface area contributed by atoms with Gasteiger partial charge in [0.1, 0.15) is 0 Å². The van der Waals surface area contributed by atoms with Crippen molar-refractivity contribution in [3.05, 3.63) is 30.1 Å². The number of pyridine rings is 1. The molecule has 0 saturated heterocycles. The zero-order chi connectivity index (χ0) is 17.0. The number of rotatable bonds is 8. The molecule has 0 atom stereocenters. The molecule has 7 heteroatoms. The van der Waals surface area contributed by atoms with E-state index >= 15 is 0 Å². The number of nitrogens with one attached hydrogen (secondary N) is 3. The number of amides is 1. The Bertz CT molecular complexity index is 517. The number of aromatic nitrogens is 1. The first kappa shape index (κ1) is 21.7. The Morgan fingerprint density at radius 1 is 1.16 bits per heavy atom. The number of carbonyl (C=O) groups is 1. The molecular weight excluding hydrogens is 429 g/mol. The van der Waals surface area contributed by atoms with Crippen LogP contribution in [0.3, 0.4) is 0 Å². The van der Waals surface area contributed by atoms with E-state index in [0.29, 0.717) is 25.4 Å². The first-order valence-electron chi connectivity index (χ1n) is 8.89. The van der Waals surface area contributed by atoms with E-state index in [1.54, 1.807) is 13.2 Å². The number of aliphatic imine (C=N–C) groups is 1. The van der Waals surface area contributed by atoms with Crippen LogP contribution in [0.2, 0.25) is 0 Å². The summed E-state index contributed by atoms with van der Waals surface area (Å²) in [4.78, 5) is 20.3. The average molecular weight is 459 g/mol. The fourth-order valence-electron chi connectivity index (χ4n) is 3.01. The minimum atomic E-state index is 0. The number of hydrogen-bond donors (Lipinski definition) is 3. The number of nitrogens with zero attached hydrogens (tertiary/aromatic N) is 2. The zero-order valence-corrected chi connectivity index (χ0v) is 17.3. The van der Waals surface area contributed by atoms with Crippen LogP contribution in [0.1, 0.15) is 37.8 Å². The van der Waals surface area contributed by atoms with E-state index in [1.807, 2.05) is 18.2 Å². The van der Waals surface area contributed by atoms with Crippen LogP contribution in [0.25, 0.3) is 0 Å². The molecule has 1 aliphatic carbocycles. The SMILES string of the molecule is CN=C(NCCNC(=O)CC1CCCC1)NCCc1ccccn1.I. The van der Waals surface area contributed by atoms with Crippen molar-refractivity contribution < 1.29 is 4.79 Å². The van der Waals surface area contributed by atoms with Gasteiger partial charge < -0.3 is 16.0 Å². The van der Waals surface area contributed by atoms with Gasteiger partial charge in [-0.25, -0.2) is 0 Å². The Labute approximate surface area is 167 Å². The number of guanidine groups is 1. The summed E-state index contributed by atoms with van der Waals surface area (Å²) < 4.78 is 0. The van der Waals surface area contributed by atoms with Gasteiger partial charge in [-0.05, 0) is 30.9 Å². The summed E-state index contributed by atoms with van der Waals surface area (Å²) in [5.41, 5.74) is 1.06. The molecule has 1 aromatic rings. The van der Waals surface area contributed by atoms with Crippen molar-refractivity contribution in [2.75, 3.05) is 26.7 Å². The van der Waals surface area contributed by atoms with Gasteiger partial charge in [-0.15, -0.1) is 24.0 Å². The molecule has 1 amide bonds. The second-order valence-electron chi connectivity index (χ2n) is 6.20. The van der Waals surface area contributed by atoms with Crippen molar-refractivity contribution in [2.24, 2.45) is 10.9 Å². The van der Waals surface area contributed by atoms with Crippen LogP contribution in [0, 0.1) is 5.92 Å². The van der Waals surface area contributed by atoms with Crippen LogP contribution in [-0.4, -0.2) is 43.5 Å². The molecule has 1 aromatic heterocycles. The third-order valence-electron chi connectivity index (χ3n) is 4.31. The molecule has 1 aliphatic rings. The van der Waals surface area contributed by atoms with Crippen LogP contribution < -0.4 is 16.0 Å². The highest BCUT2D eigenvalue weighted by atomic mass is 127. The van der Waals surface area contributed by atoms with Gasteiger partial charge >= 0.3 is 0 Å². The zero-order valence-electron chi connectivity index (χ0n) is 15.0. The lowest BCUT2D eigenvalue weighted by Crippen LogP contribution is -2.42. The van der Waals surface area contributed by atoms with E-state index in [9.17, 15) is 4.79 Å². The summed E-state index contributed by atoms with van der Waals surface area (Å²) >= 11 is 0. The minimum Gasteiger partial charge on any atom is -0.356 e. The highest BCUT2D eigenvalue weighted by Gasteiger charge is 2.17. The fraction of sp³-hybridized carbons (Fsp3) is 0.611. The van der Waals surface area contributed by atoms with Gasteiger partial charge in [0.2, 0.25) is 5.91 Å². The highest BCUT2D eigenvalue weighted by molar-refractivity contribution is 14.0. The molecule has 0 aromatic carbocycles. The van der Waals surface area contributed by atoms with Crippen LogP contribution in [0.5, 0.6) is 0 Å². The molecule has 6 nitrogen and oxygen atoms in total. The average Bonchev–Trinajstić information content (AvgIpc) is 3.11. The van der Waals surface area contributed by atoms with Crippen molar-refractivity contribution in [3.63, 3.8) is 0 Å². The maximum absolute atomic E-state index is 11.9. The number of hydrogen-bond acceptors (Lipinski definition) is 3. The Morgan fingerprint density at radius 2 is 1.88 bits per heavy atom. The highest BCUT2D eigenvalue weighted by Crippen LogP contribution is 2.27. The Hall–Kier alpha value is -1.38. The Kier molecular flexibility index (Phi) is 11.2. The van der Waals surface area contributed by atoms with Crippen LogP contribution in [0.4, 0.5) is 0 Å². The second kappa shape index (κ2) is 12.9. The van der Waals surface area contributed by atoms with Crippen molar-refractivity contribution in [1.82, 2.24) is 20.9 Å². The maximum atomic E-state index is 11.9. The van der Waals surface area contributed by atoms with Crippen molar-refractivity contribution in [1.29, 1.82) is 0 Å². The maximum Gasteiger partial charge on any atom is 0.220 e. The molecule has 0 unspecified atom stereocenters. The van der Waals surface area contributed by atoms with E-state index in [-0.39, 0.29) is 29.9 Å². The van der Waals surface area contributed by atoms with Gasteiger partial charge in [-0.3, -0.25) is 14.8 Å². The van der Waals surface area contributed by atoms with E-state index in [4.69, 9.17) is 0 Å². The van der Waals surface area contributed by atoms with Gasteiger partial charge in [0.15, 0.2) is 5.96 Å².